The Bertz CT molecular complexity index is 1720. The van der Waals surface area contributed by atoms with Crippen molar-refractivity contribution < 1.29 is 29.6 Å². The number of carbonyl (C=O) groups excluding carboxylic acids is 2. The van der Waals surface area contributed by atoms with E-state index in [0.717, 1.165) is 59.5 Å². The molecular formula is C39H45N3O6. The fourth-order valence-corrected chi connectivity index (χ4v) is 7.18. The summed E-state index contributed by atoms with van der Waals surface area (Å²) >= 11 is 0. The highest BCUT2D eigenvalue weighted by atomic mass is 16.5. The lowest BCUT2D eigenvalue weighted by Crippen LogP contribution is -2.33. The van der Waals surface area contributed by atoms with Crippen molar-refractivity contribution >= 4 is 23.5 Å². The highest BCUT2D eigenvalue weighted by Crippen LogP contribution is 2.43. The van der Waals surface area contributed by atoms with Gasteiger partial charge in [0.25, 0.3) is 0 Å². The Balaban J connectivity index is 1.15. The van der Waals surface area contributed by atoms with Gasteiger partial charge in [0, 0.05) is 42.9 Å². The van der Waals surface area contributed by atoms with Crippen LogP contribution in [0.5, 0.6) is 17.2 Å². The zero-order valence-electron chi connectivity index (χ0n) is 27.2. The molecule has 0 radical (unpaired) electrons. The van der Waals surface area contributed by atoms with Crippen molar-refractivity contribution in [3.63, 3.8) is 0 Å². The Labute approximate surface area is 281 Å². The number of aliphatic hydroxyl groups is 1. The molecule has 48 heavy (non-hydrogen) atoms. The minimum Gasteiger partial charge on any atom is -0.508 e. The normalized spacial score (nSPS) is 18.2. The average molecular weight is 652 g/mol. The number of aliphatic hydroxyl groups excluding tert-OH is 1. The molecule has 1 saturated carbocycles. The summed E-state index contributed by atoms with van der Waals surface area (Å²) in [5.74, 6) is 0.341. The fourth-order valence-electron chi connectivity index (χ4n) is 7.18. The number of ether oxygens (including phenoxy) is 1. The molecule has 1 fully saturated rings. The van der Waals surface area contributed by atoms with Crippen LogP contribution in [-0.4, -0.2) is 55.6 Å². The van der Waals surface area contributed by atoms with E-state index >= 15 is 0 Å². The van der Waals surface area contributed by atoms with Gasteiger partial charge in [-0.05, 0) is 122 Å². The van der Waals surface area contributed by atoms with E-state index in [4.69, 9.17) is 4.74 Å². The molecule has 9 heteroatoms. The summed E-state index contributed by atoms with van der Waals surface area (Å²) in [6.45, 7) is 0.400. The van der Waals surface area contributed by atoms with Crippen LogP contribution >= 0.6 is 0 Å². The number of aromatic hydroxyl groups is 2. The van der Waals surface area contributed by atoms with Gasteiger partial charge in [0.05, 0.1) is 18.6 Å². The minimum absolute atomic E-state index is 0.0935. The van der Waals surface area contributed by atoms with Gasteiger partial charge in [-0.25, -0.2) is 0 Å². The van der Waals surface area contributed by atoms with Crippen molar-refractivity contribution in [1.82, 2.24) is 9.97 Å². The van der Waals surface area contributed by atoms with E-state index < -0.39 is 12.0 Å². The maximum absolute atomic E-state index is 14.2. The summed E-state index contributed by atoms with van der Waals surface area (Å²) in [5, 5.41) is 34.8. The van der Waals surface area contributed by atoms with Crippen LogP contribution in [0.4, 0.5) is 5.82 Å². The number of H-pyrrole nitrogens is 2. The molecule has 4 aromatic rings. The van der Waals surface area contributed by atoms with Gasteiger partial charge in [0.1, 0.15) is 23.1 Å². The first-order chi connectivity index (χ1) is 23.3. The fraction of sp³-hybridized carbons (Fsp3) is 0.385. The van der Waals surface area contributed by atoms with Gasteiger partial charge in [0.15, 0.2) is 11.5 Å². The zero-order valence-corrected chi connectivity index (χ0v) is 27.2. The molecule has 2 aromatic heterocycles. The lowest BCUT2D eigenvalue weighted by atomic mass is 9.71. The van der Waals surface area contributed by atoms with Crippen molar-refractivity contribution in [3.8, 4) is 17.2 Å². The van der Waals surface area contributed by atoms with Crippen LogP contribution in [0.3, 0.4) is 0 Å². The van der Waals surface area contributed by atoms with Gasteiger partial charge in [-0.1, -0.05) is 18.2 Å². The SMILES string of the molecule is O=C(CCc1ccc(O)c(OC2CCCC2)c1)CC(=O)[C@@H]1C(CNc2ccc[nH]2)=Cc2[nH]ccc2[C@H]1C[C@H](O)CCc1cccc(O)c1. The smallest absolute Gasteiger partial charge is 0.161 e. The van der Waals surface area contributed by atoms with Crippen molar-refractivity contribution in [2.24, 2.45) is 5.92 Å². The highest BCUT2D eigenvalue weighted by molar-refractivity contribution is 6.02. The summed E-state index contributed by atoms with van der Waals surface area (Å²) in [5.41, 5.74) is 4.52. The third-order valence-electron chi connectivity index (χ3n) is 9.66. The van der Waals surface area contributed by atoms with Crippen molar-refractivity contribution in [2.75, 3.05) is 11.9 Å². The number of rotatable bonds is 16. The first-order valence-corrected chi connectivity index (χ1v) is 17.1. The molecule has 9 nitrogen and oxygen atoms in total. The molecule has 3 atom stereocenters. The lowest BCUT2D eigenvalue weighted by Gasteiger charge is -2.33. The number of aryl methyl sites for hydroxylation is 2. The van der Waals surface area contributed by atoms with E-state index in [1.54, 1.807) is 36.4 Å². The van der Waals surface area contributed by atoms with Crippen molar-refractivity contribution in [3.05, 3.63) is 101 Å². The molecule has 0 unspecified atom stereocenters. The molecule has 252 valence electrons. The van der Waals surface area contributed by atoms with Crippen LogP contribution in [0, 0.1) is 5.92 Å². The van der Waals surface area contributed by atoms with Gasteiger partial charge < -0.3 is 35.3 Å². The number of aromatic amines is 2. The predicted molar refractivity (Wildman–Crippen MR) is 185 cm³/mol. The van der Waals surface area contributed by atoms with E-state index in [1.165, 1.54) is 0 Å². The van der Waals surface area contributed by atoms with Gasteiger partial charge in [-0.15, -0.1) is 0 Å². The first kappa shape index (κ1) is 33.2. The first-order valence-electron chi connectivity index (χ1n) is 17.1. The molecular weight excluding hydrogens is 606 g/mol. The van der Waals surface area contributed by atoms with Crippen LogP contribution in [0.15, 0.2) is 78.6 Å². The van der Waals surface area contributed by atoms with Gasteiger partial charge in [0.2, 0.25) is 0 Å². The molecule has 2 heterocycles. The molecule has 0 spiro atoms. The summed E-state index contributed by atoms with van der Waals surface area (Å²) < 4.78 is 6.03. The Morgan fingerprint density at radius 2 is 1.77 bits per heavy atom. The number of phenols is 2. The number of phenolic OH excluding ortho intramolecular Hbond substituents is 2. The number of Topliss-reactive ketones (excluding diaryl/α,β-unsaturated/α-hetero) is 2. The van der Waals surface area contributed by atoms with Crippen LogP contribution in [0.2, 0.25) is 0 Å². The van der Waals surface area contributed by atoms with Crippen LogP contribution < -0.4 is 10.1 Å². The lowest BCUT2D eigenvalue weighted by molar-refractivity contribution is -0.129. The second-order valence-corrected chi connectivity index (χ2v) is 13.2. The largest absolute Gasteiger partial charge is 0.508 e. The molecule has 6 rings (SSSR count). The topological polar surface area (TPSA) is 148 Å². The summed E-state index contributed by atoms with van der Waals surface area (Å²) in [6.07, 6.45) is 11.1. The summed E-state index contributed by atoms with van der Waals surface area (Å²) in [7, 11) is 0. The molecule has 6 N–H and O–H groups in total. The maximum atomic E-state index is 14.2. The Morgan fingerprint density at radius 3 is 2.56 bits per heavy atom. The molecule has 0 aliphatic heterocycles. The Hall–Kier alpha value is -4.76. The molecule has 2 aliphatic carbocycles. The molecule has 2 aromatic carbocycles. The van der Waals surface area contributed by atoms with E-state index in [1.807, 2.05) is 42.7 Å². The second kappa shape index (κ2) is 15.4. The van der Waals surface area contributed by atoms with Crippen LogP contribution in [0.1, 0.15) is 79.7 Å². The van der Waals surface area contributed by atoms with Gasteiger partial charge in [-0.2, -0.15) is 0 Å². The number of ketones is 2. The predicted octanol–water partition coefficient (Wildman–Crippen LogP) is 6.83. The number of fused-ring (bicyclic) bond motifs is 1. The quantitative estimate of drug-likeness (QED) is 0.0728. The third kappa shape index (κ3) is 8.39. The molecule has 0 saturated heterocycles. The second-order valence-electron chi connectivity index (χ2n) is 13.2. The van der Waals surface area contributed by atoms with Crippen molar-refractivity contribution in [1.29, 1.82) is 0 Å². The number of nitrogens with one attached hydrogen (secondary N) is 3. The number of anilines is 1. The van der Waals surface area contributed by atoms with Gasteiger partial charge >= 0.3 is 0 Å². The van der Waals surface area contributed by atoms with E-state index in [2.05, 4.69) is 15.3 Å². The number of hydrogen-bond acceptors (Lipinski definition) is 7. The zero-order chi connectivity index (χ0) is 33.5. The molecule has 0 amide bonds. The molecule has 0 bridgehead atoms. The third-order valence-corrected chi connectivity index (χ3v) is 9.66. The van der Waals surface area contributed by atoms with E-state index in [-0.39, 0.29) is 47.9 Å². The number of hydrogen-bond donors (Lipinski definition) is 6. The van der Waals surface area contributed by atoms with Crippen molar-refractivity contribution in [2.45, 2.75) is 82.3 Å². The highest BCUT2D eigenvalue weighted by Gasteiger charge is 2.38. The number of aromatic nitrogens is 2. The number of benzene rings is 2. The van der Waals surface area contributed by atoms with Crippen LogP contribution in [-0.2, 0) is 22.4 Å². The standard InChI is InChI=1S/C39H45N3O6/c43-28-6-3-5-25(19-28)10-13-29(44)22-33-32-16-18-40-34(32)21-27(24-42-38-9-4-17-41-38)39(33)36(47)23-30(45)14-11-26-12-15-35(46)37(20-26)48-31-7-1-2-8-31/h3-6,9,12,15-21,29,31,33,39-44,46H,1-2,7-8,10-11,13-14,22-24H2/t29-,33-,39-/m1/s1. The molecule has 2 aliphatic rings. The Kier molecular flexibility index (Phi) is 10.7. The monoisotopic (exact) mass is 651 g/mol. The summed E-state index contributed by atoms with van der Waals surface area (Å²) in [6, 6.07) is 18.0. The average Bonchev–Trinajstić information content (AvgIpc) is 3.87. The van der Waals surface area contributed by atoms with E-state index in [0.29, 0.717) is 38.0 Å². The number of carbonyl (C=O) groups is 2. The summed E-state index contributed by atoms with van der Waals surface area (Å²) in [4.78, 5) is 33.9. The van der Waals surface area contributed by atoms with Crippen LogP contribution in [0.25, 0.3) is 6.08 Å². The van der Waals surface area contributed by atoms with Gasteiger partial charge in [-0.3, -0.25) is 9.59 Å². The minimum atomic E-state index is -0.697. The Morgan fingerprint density at radius 1 is 0.938 bits per heavy atom. The van der Waals surface area contributed by atoms with E-state index in [9.17, 15) is 24.9 Å². The maximum Gasteiger partial charge on any atom is 0.161 e.